The number of hydrogen-bond acceptors (Lipinski definition) is 2. The second kappa shape index (κ2) is 4.38. The van der Waals surface area contributed by atoms with E-state index in [0.717, 1.165) is 25.0 Å². The summed E-state index contributed by atoms with van der Waals surface area (Å²) in [4.78, 5) is 0. The predicted octanol–water partition coefficient (Wildman–Crippen LogP) is 3.13. The van der Waals surface area contributed by atoms with Crippen molar-refractivity contribution >= 4 is 10.8 Å². The number of benzene rings is 2. The summed E-state index contributed by atoms with van der Waals surface area (Å²) in [5.41, 5.74) is 0. The lowest BCUT2D eigenvalue weighted by Gasteiger charge is -2.13. The van der Waals surface area contributed by atoms with Crippen LogP contribution < -0.4 is 4.74 Å². The lowest BCUT2D eigenvalue weighted by molar-refractivity contribution is 0.150. The molecule has 3 rings (SSSR count). The highest BCUT2D eigenvalue weighted by molar-refractivity contribution is 5.83. The highest BCUT2D eigenvalue weighted by Gasteiger charge is 2.24. The number of rotatable bonds is 2. The molecule has 0 bridgehead atoms. The van der Waals surface area contributed by atoms with Crippen LogP contribution in [0.5, 0.6) is 5.75 Å². The van der Waals surface area contributed by atoms with E-state index in [9.17, 15) is 5.11 Å². The molecule has 2 heteroatoms. The van der Waals surface area contributed by atoms with Gasteiger partial charge in [-0.3, -0.25) is 0 Å². The summed E-state index contributed by atoms with van der Waals surface area (Å²) in [5.74, 6) is 0.905. The Hall–Kier alpha value is -1.54. The molecule has 1 saturated carbocycles. The summed E-state index contributed by atoms with van der Waals surface area (Å²) in [7, 11) is 0. The van der Waals surface area contributed by atoms with Gasteiger partial charge in [-0.25, -0.2) is 0 Å². The van der Waals surface area contributed by atoms with Crippen LogP contribution in [0.1, 0.15) is 19.3 Å². The maximum absolute atomic E-state index is 9.47. The SMILES string of the molecule is OC1CCC(Oc2ccc3ccccc3c2)C1. The molecule has 0 aliphatic heterocycles. The van der Waals surface area contributed by atoms with Crippen molar-refractivity contribution in [2.75, 3.05) is 0 Å². The third-order valence-electron chi connectivity index (χ3n) is 3.38. The van der Waals surface area contributed by atoms with E-state index in [1.807, 2.05) is 18.2 Å². The number of aliphatic hydroxyl groups is 1. The fourth-order valence-corrected chi connectivity index (χ4v) is 2.46. The maximum atomic E-state index is 9.47. The summed E-state index contributed by atoms with van der Waals surface area (Å²) in [6, 6.07) is 14.4. The van der Waals surface area contributed by atoms with Gasteiger partial charge in [0.05, 0.1) is 6.10 Å². The van der Waals surface area contributed by atoms with Crippen LogP contribution in [0.4, 0.5) is 0 Å². The molecule has 0 saturated heterocycles. The summed E-state index contributed by atoms with van der Waals surface area (Å²) >= 11 is 0. The molecule has 1 N–H and O–H groups in total. The van der Waals surface area contributed by atoms with E-state index in [-0.39, 0.29) is 12.2 Å². The van der Waals surface area contributed by atoms with Gasteiger partial charge in [0.15, 0.2) is 0 Å². The summed E-state index contributed by atoms with van der Waals surface area (Å²) in [6.45, 7) is 0. The molecule has 1 aliphatic rings. The molecule has 1 aliphatic carbocycles. The summed E-state index contributed by atoms with van der Waals surface area (Å²) in [6.07, 6.45) is 2.56. The maximum Gasteiger partial charge on any atom is 0.120 e. The standard InChI is InChI=1S/C15H16O2/c16-13-6-8-15(10-13)17-14-7-5-11-3-1-2-4-12(11)9-14/h1-5,7,9,13,15-16H,6,8,10H2. The van der Waals surface area contributed by atoms with E-state index >= 15 is 0 Å². The van der Waals surface area contributed by atoms with Gasteiger partial charge in [0.1, 0.15) is 11.9 Å². The third kappa shape index (κ3) is 2.27. The van der Waals surface area contributed by atoms with Crippen molar-refractivity contribution in [3.63, 3.8) is 0 Å². The van der Waals surface area contributed by atoms with Gasteiger partial charge in [0, 0.05) is 6.42 Å². The molecule has 0 amide bonds. The second-order valence-corrected chi connectivity index (χ2v) is 4.72. The van der Waals surface area contributed by atoms with Crippen molar-refractivity contribution in [1.29, 1.82) is 0 Å². The van der Waals surface area contributed by atoms with E-state index in [1.165, 1.54) is 10.8 Å². The summed E-state index contributed by atoms with van der Waals surface area (Å²) < 4.78 is 5.89. The molecule has 0 spiro atoms. The van der Waals surface area contributed by atoms with Gasteiger partial charge < -0.3 is 9.84 Å². The van der Waals surface area contributed by atoms with Crippen LogP contribution >= 0.6 is 0 Å². The van der Waals surface area contributed by atoms with Crippen LogP contribution in [-0.2, 0) is 0 Å². The van der Waals surface area contributed by atoms with Crippen LogP contribution in [0.3, 0.4) is 0 Å². The molecule has 1 fully saturated rings. The number of aliphatic hydroxyl groups excluding tert-OH is 1. The predicted molar refractivity (Wildman–Crippen MR) is 68.2 cm³/mol. The van der Waals surface area contributed by atoms with Crippen LogP contribution in [0, 0.1) is 0 Å². The number of fused-ring (bicyclic) bond motifs is 1. The zero-order valence-electron chi connectivity index (χ0n) is 9.67. The Morgan fingerprint density at radius 1 is 1.00 bits per heavy atom. The van der Waals surface area contributed by atoms with Gasteiger partial charge in [-0.05, 0) is 35.7 Å². The van der Waals surface area contributed by atoms with E-state index in [1.54, 1.807) is 0 Å². The van der Waals surface area contributed by atoms with Crippen molar-refractivity contribution in [2.24, 2.45) is 0 Å². The Balaban J connectivity index is 1.81. The molecule has 2 nitrogen and oxygen atoms in total. The molecule has 17 heavy (non-hydrogen) atoms. The van der Waals surface area contributed by atoms with Crippen LogP contribution in [-0.4, -0.2) is 17.3 Å². The van der Waals surface area contributed by atoms with Gasteiger partial charge in [-0.1, -0.05) is 30.3 Å². The van der Waals surface area contributed by atoms with Gasteiger partial charge in [-0.2, -0.15) is 0 Å². The molecule has 2 aromatic rings. The van der Waals surface area contributed by atoms with E-state index in [0.29, 0.717) is 0 Å². The van der Waals surface area contributed by atoms with Gasteiger partial charge in [0.2, 0.25) is 0 Å². The zero-order valence-corrected chi connectivity index (χ0v) is 9.67. The van der Waals surface area contributed by atoms with E-state index in [4.69, 9.17) is 4.74 Å². The van der Waals surface area contributed by atoms with Crippen LogP contribution in [0.15, 0.2) is 42.5 Å². The van der Waals surface area contributed by atoms with Crippen molar-refractivity contribution in [1.82, 2.24) is 0 Å². The third-order valence-corrected chi connectivity index (χ3v) is 3.38. The molecule has 88 valence electrons. The lowest BCUT2D eigenvalue weighted by atomic mass is 10.1. The second-order valence-electron chi connectivity index (χ2n) is 4.72. The molecule has 2 aromatic carbocycles. The molecule has 0 radical (unpaired) electrons. The first kappa shape index (κ1) is 10.6. The minimum atomic E-state index is -0.180. The average molecular weight is 228 g/mol. The first-order valence-corrected chi connectivity index (χ1v) is 6.15. The molecular weight excluding hydrogens is 212 g/mol. The van der Waals surface area contributed by atoms with E-state index < -0.39 is 0 Å². The lowest BCUT2D eigenvalue weighted by Crippen LogP contribution is -2.13. The number of hydrogen-bond donors (Lipinski definition) is 1. The molecule has 2 unspecified atom stereocenters. The fourth-order valence-electron chi connectivity index (χ4n) is 2.46. The fraction of sp³-hybridized carbons (Fsp3) is 0.333. The van der Waals surface area contributed by atoms with Gasteiger partial charge in [0.25, 0.3) is 0 Å². The molecule has 2 atom stereocenters. The highest BCUT2D eigenvalue weighted by Crippen LogP contribution is 2.26. The summed E-state index contributed by atoms with van der Waals surface area (Å²) in [5, 5.41) is 11.9. The quantitative estimate of drug-likeness (QED) is 0.855. The largest absolute Gasteiger partial charge is 0.490 e. The minimum Gasteiger partial charge on any atom is -0.490 e. The van der Waals surface area contributed by atoms with Crippen molar-refractivity contribution in [2.45, 2.75) is 31.5 Å². The van der Waals surface area contributed by atoms with Gasteiger partial charge in [-0.15, -0.1) is 0 Å². The first-order chi connectivity index (χ1) is 8.31. The van der Waals surface area contributed by atoms with Crippen molar-refractivity contribution in [3.05, 3.63) is 42.5 Å². The monoisotopic (exact) mass is 228 g/mol. The van der Waals surface area contributed by atoms with E-state index in [2.05, 4.69) is 24.3 Å². The molecular formula is C15H16O2. The highest BCUT2D eigenvalue weighted by atomic mass is 16.5. The smallest absolute Gasteiger partial charge is 0.120 e. The van der Waals surface area contributed by atoms with Crippen molar-refractivity contribution in [3.8, 4) is 5.75 Å². The minimum absolute atomic E-state index is 0.172. The van der Waals surface area contributed by atoms with Crippen molar-refractivity contribution < 1.29 is 9.84 Å². The first-order valence-electron chi connectivity index (χ1n) is 6.15. The average Bonchev–Trinajstić information content (AvgIpc) is 2.75. The Bertz CT molecular complexity index is 521. The zero-order chi connectivity index (χ0) is 11.7. The molecule has 0 heterocycles. The van der Waals surface area contributed by atoms with Crippen LogP contribution in [0.2, 0.25) is 0 Å². The molecule has 0 aromatic heterocycles. The Labute approximate surface area is 101 Å². The van der Waals surface area contributed by atoms with Gasteiger partial charge >= 0.3 is 0 Å². The Morgan fingerprint density at radius 2 is 1.82 bits per heavy atom. The Morgan fingerprint density at radius 3 is 2.59 bits per heavy atom. The van der Waals surface area contributed by atoms with Crippen LogP contribution in [0.25, 0.3) is 10.8 Å². The Kier molecular flexibility index (Phi) is 2.73. The normalized spacial score (nSPS) is 24.1. The number of ether oxygens (including phenoxy) is 1. The topological polar surface area (TPSA) is 29.5 Å².